The van der Waals surface area contributed by atoms with Crippen molar-refractivity contribution in [3.8, 4) is 0 Å². The van der Waals surface area contributed by atoms with Crippen molar-refractivity contribution in [2.45, 2.75) is 70.8 Å². The minimum atomic E-state index is 0.256. The van der Waals surface area contributed by atoms with Crippen molar-refractivity contribution in [3.05, 3.63) is 0 Å². The van der Waals surface area contributed by atoms with Gasteiger partial charge in [0.1, 0.15) is 0 Å². The summed E-state index contributed by atoms with van der Waals surface area (Å²) in [7, 11) is 0. The fourth-order valence-electron chi connectivity index (χ4n) is 3.78. The lowest BCUT2D eigenvalue weighted by molar-refractivity contribution is -0.123. The number of aliphatic hydroxyl groups is 1. The zero-order valence-corrected chi connectivity index (χ0v) is 12.2. The van der Waals surface area contributed by atoms with Gasteiger partial charge in [0.25, 0.3) is 0 Å². The quantitative estimate of drug-likeness (QED) is 0.823. The van der Waals surface area contributed by atoms with E-state index in [-0.39, 0.29) is 5.91 Å². The Hall–Kier alpha value is -0.570. The van der Waals surface area contributed by atoms with Gasteiger partial charge in [0.05, 0.1) is 0 Å². The van der Waals surface area contributed by atoms with Gasteiger partial charge in [-0.15, -0.1) is 0 Å². The number of hydrogen-bond acceptors (Lipinski definition) is 2. The molecule has 3 heteroatoms. The second-order valence-electron chi connectivity index (χ2n) is 6.81. The van der Waals surface area contributed by atoms with Crippen molar-refractivity contribution in [3.63, 3.8) is 0 Å². The number of amides is 1. The van der Waals surface area contributed by atoms with Crippen LogP contribution in [0.15, 0.2) is 0 Å². The molecule has 2 aliphatic rings. The molecule has 3 nitrogen and oxygen atoms in total. The Morgan fingerprint density at radius 2 is 1.84 bits per heavy atom. The number of carbonyl (C=O) groups excluding carboxylic acids is 1. The molecule has 0 aromatic rings. The average molecular weight is 267 g/mol. The number of hydrogen-bond donors (Lipinski definition) is 2. The molecule has 2 rings (SSSR count). The molecule has 2 fully saturated rings. The van der Waals surface area contributed by atoms with Crippen molar-refractivity contribution in [1.29, 1.82) is 0 Å². The molecule has 0 radical (unpaired) electrons. The van der Waals surface area contributed by atoms with Crippen LogP contribution in [0, 0.1) is 17.8 Å². The van der Waals surface area contributed by atoms with Gasteiger partial charge in [-0.1, -0.05) is 19.8 Å². The maximum atomic E-state index is 12.1. The maximum Gasteiger partial charge on any atom is 0.220 e. The summed E-state index contributed by atoms with van der Waals surface area (Å²) in [5.74, 6) is 2.13. The first-order valence-corrected chi connectivity index (χ1v) is 8.07. The predicted molar refractivity (Wildman–Crippen MR) is 76.7 cm³/mol. The Balaban J connectivity index is 1.67. The minimum Gasteiger partial charge on any atom is -0.396 e. The smallest absolute Gasteiger partial charge is 0.220 e. The molecule has 2 saturated carbocycles. The molecule has 0 aliphatic heterocycles. The van der Waals surface area contributed by atoms with Crippen molar-refractivity contribution >= 4 is 5.91 Å². The lowest BCUT2D eigenvalue weighted by Gasteiger charge is -2.30. The SMILES string of the molecule is CC1CCCC(CC(=O)NC2CCC(CO)CC2)C1. The van der Waals surface area contributed by atoms with E-state index in [1.165, 1.54) is 25.7 Å². The molecule has 0 heterocycles. The highest BCUT2D eigenvalue weighted by Crippen LogP contribution is 2.31. The van der Waals surface area contributed by atoms with E-state index in [1.807, 2.05) is 0 Å². The van der Waals surface area contributed by atoms with Crippen molar-refractivity contribution < 1.29 is 9.90 Å². The summed E-state index contributed by atoms with van der Waals surface area (Å²) in [6.07, 6.45) is 10.0. The summed E-state index contributed by atoms with van der Waals surface area (Å²) in [6.45, 7) is 2.61. The standard InChI is InChI=1S/C16H29NO2/c1-12-3-2-4-14(9-12)10-16(19)17-15-7-5-13(11-18)6-8-15/h12-15,18H,2-11H2,1H3,(H,17,19). The second kappa shape index (κ2) is 7.28. The van der Waals surface area contributed by atoms with Gasteiger partial charge in [-0.2, -0.15) is 0 Å². The van der Waals surface area contributed by atoms with E-state index in [0.29, 0.717) is 24.5 Å². The third-order valence-corrected chi connectivity index (χ3v) is 4.99. The van der Waals surface area contributed by atoms with Gasteiger partial charge in [0.2, 0.25) is 5.91 Å². The molecule has 2 unspecified atom stereocenters. The fraction of sp³-hybridized carbons (Fsp3) is 0.938. The summed E-state index contributed by atoms with van der Waals surface area (Å²) in [4.78, 5) is 12.1. The van der Waals surface area contributed by atoms with E-state index >= 15 is 0 Å². The van der Waals surface area contributed by atoms with Crippen LogP contribution in [-0.2, 0) is 4.79 Å². The van der Waals surface area contributed by atoms with Crippen LogP contribution in [0.1, 0.15) is 64.7 Å². The summed E-state index contributed by atoms with van der Waals surface area (Å²) >= 11 is 0. The van der Waals surface area contributed by atoms with Crippen LogP contribution in [0.5, 0.6) is 0 Å². The van der Waals surface area contributed by atoms with Crippen molar-refractivity contribution in [2.75, 3.05) is 6.61 Å². The molecule has 0 aromatic carbocycles. The highest BCUT2D eigenvalue weighted by molar-refractivity contribution is 5.76. The van der Waals surface area contributed by atoms with Crippen LogP contribution in [0.25, 0.3) is 0 Å². The van der Waals surface area contributed by atoms with Crippen LogP contribution in [0.4, 0.5) is 0 Å². The highest BCUT2D eigenvalue weighted by Gasteiger charge is 2.24. The molecule has 2 aliphatic carbocycles. The van der Waals surface area contributed by atoms with E-state index < -0.39 is 0 Å². The zero-order chi connectivity index (χ0) is 13.7. The summed E-state index contributed by atoms with van der Waals surface area (Å²) in [6, 6.07) is 0.358. The van der Waals surface area contributed by atoms with Crippen LogP contribution in [0.2, 0.25) is 0 Å². The molecule has 0 saturated heterocycles. The third kappa shape index (κ3) is 4.79. The third-order valence-electron chi connectivity index (χ3n) is 4.99. The van der Waals surface area contributed by atoms with Crippen molar-refractivity contribution in [1.82, 2.24) is 5.32 Å². The molecule has 110 valence electrons. The zero-order valence-electron chi connectivity index (χ0n) is 12.2. The van der Waals surface area contributed by atoms with Gasteiger partial charge in [-0.3, -0.25) is 4.79 Å². The monoisotopic (exact) mass is 267 g/mol. The van der Waals surface area contributed by atoms with Gasteiger partial charge in [-0.05, 0) is 56.3 Å². The predicted octanol–water partition coefficient (Wildman–Crippen LogP) is 2.87. The summed E-state index contributed by atoms with van der Waals surface area (Å²) < 4.78 is 0. The molecular formula is C16H29NO2. The van der Waals surface area contributed by atoms with Gasteiger partial charge in [-0.25, -0.2) is 0 Å². The number of carbonyl (C=O) groups is 1. The molecule has 19 heavy (non-hydrogen) atoms. The molecule has 2 atom stereocenters. The molecular weight excluding hydrogens is 238 g/mol. The van der Waals surface area contributed by atoms with Gasteiger partial charge < -0.3 is 10.4 Å². The van der Waals surface area contributed by atoms with E-state index in [9.17, 15) is 4.79 Å². The van der Waals surface area contributed by atoms with Crippen LogP contribution in [0.3, 0.4) is 0 Å². The Bertz CT molecular complexity index is 284. The Labute approximate surface area is 117 Å². The van der Waals surface area contributed by atoms with E-state index in [2.05, 4.69) is 12.2 Å². The first kappa shape index (κ1) is 14.8. The van der Waals surface area contributed by atoms with Crippen molar-refractivity contribution in [2.24, 2.45) is 17.8 Å². The van der Waals surface area contributed by atoms with Gasteiger partial charge >= 0.3 is 0 Å². The highest BCUT2D eigenvalue weighted by atomic mass is 16.3. The molecule has 1 amide bonds. The Morgan fingerprint density at radius 1 is 1.11 bits per heavy atom. The molecule has 0 spiro atoms. The molecule has 0 aromatic heterocycles. The van der Waals surface area contributed by atoms with Crippen LogP contribution in [-0.4, -0.2) is 23.7 Å². The van der Waals surface area contributed by atoms with E-state index in [0.717, 1.165) is 38.0 Å². The normalized spacial score (nSPS) is 35.9. The Kier molecular flexibility index (Phi) is 5.68. The topological polar surface area (TPSA) is 49.3 Å². The van der Waals surface area contributed by atoms with E-state index in [1.54, 1.807) is 0 Å². The average Bonchev–Trinajstić information content (AvgIpc) is 2.39. The van der Waals surface area contributed by atoms with Gasteiger partial charge in [0.15, 0.2) is 0 Å². The first-order chi connectivity index (χ1) is 9.17. The largest absolute Gasteiger partial charge is 0.396 e. The lowest BCUT2D eigenvalue weighted by atomic mass is 9.80. The molecule has 0 bridgehead atoms. The second-order valence-corrected chi connectivity index (χ2v) is 6.81. The Morgan fingerprint density at radius 3 is 2.47 bits per heavy atom. The lowest BCUT2D eigenvalue weighted by Crippen LogP contribution is -2.39. The minimum absolute atomic E-state index is 0.256. The number of aliphatic hydroxyl groups excluding tert-OH is 1. The maximum absolute atomic E-state index is 12.1. The van der Waals surface area contributed by atoms with Crippen LogP contribution >= 0.6 is 0 Å². The first-order valence-electron chi connectivity index (χ1n) is 8.07. The van der Waals surface area contributed by atoms with E-state index in [4.69, 9.17) is 5.11 Å². The van der Waals surface area contributed by atoms with Crippen LogP contribution < -0.4 is 5.32 Å². The molecule has 2 N–H and O–H groups in total. The number of nitrogens with one attached hydrogen (secondary N) is 1. The number of rotatable bonds is 4. The summed E-state index contributed by atoms with van der Waals surface area (Å²) in [5.41, 5.74) is 0. The fourth-order valence-corrected chi connectivity index (χ4v) is 3.78. The van der Waals surface area contributed by atoms with Gasteiger partial charge in [0, 0.05) is 19.1 Å². The summed E-state index contributed by atoms with van der Waals surface area (Å²) in [5, 5.41) is 12.3.